The molecule has 0 saturated heterocycles. The number of ether oxygens (including phenoxy) is 1. The molecule has 2 atom stereocenters. The van der Waals surface area contributed by atoms with Crippen molar-refractivity contribution in [3.63, 3.8) is 0 Å². The highest BCUT2D eigenvalue weighted by atomic mass is 32.2. The number of hydrogen-bond donors (Lipinski definition) is 1. The van der Waals surface area contributed by atoms with E-state index < -0.39 is 5.25 Å². The minimum absolute atomic E-state index is 0.169. The van der Waals surface area contributed by atoms with Crippen LogP contribution in [0.3, 0.4) is 0 Å². The largest absolute Gasteiger partial charge is 0.494 e. The van der Waals surface area contributed by atoms with E-state index in [0.717, 1.165) is 11.1 Å². The number of halogens is 1. The molecule has 1 heterocycles. The summed E-state index contributed by atoms with van der Waals surface area (Å²) in [6.07, 6.45) is 0. The minimum atomic E-state index is -0.446. The van der Waals surface area contributed by atoms with E-state index in [-0.39, 0.29) is 17.8 Å². The number of rotatable bonds is 7. The van der Waals surface area contributed by atoms with Crippen LogP contribution < -0.4 is 10.1 Å². The smallest absolute Gasteiger partial charge is 0.233 e. The first-order valence-electron chi connectivity index (χ1n) is 9.05. The van der Waals surface area contributed by atoms with Crippen molar-refractivity contribution < 1.29 is 13.9 Å². The van der Waals surface area contributed by atoms with Crippen LogP contribution in [0.15, 0.2) is 47.6 Å². The predicted octanol–water partition coefficient (Wildman–Crippen LogP) is 3.48. The van der Waals surface area contributed by atoms with Crippen molar-refractivity contribution in [1.82, 2.24) is 25.5 Å². The highest BCUT2D eigenvalue weighted by molar-refractivity contribution is 8.00. The Morgan fingerprint density at radius 2 is 1.93 bits per heavy atom. The second-order valence-electron chi connectivity index (χ2n) is 6.59. The summed E-state index contributed by atoms with van der Waals surface area (Å²) in [5.41, 5.74) is 2.56. The van der Waals surface area contributed by atoms with Crippen molar-refractivity contribution in [2.24, 2.45) is 0 Å². The monoisotopic (exact) mass is 415 g/mol. The van der Waals surface area contributed by atoms with Crippen LogP contribution >= 0.6 is 11.8 Å². The lowest BCUT2D eigenvalue weighted by atomic mass is 10.1. The molecule has 0 fully saturated rings. The van der Waals surface area contributed by atoms with Crippen LogP contribution in [0, 0.1) is 12.7 Å². The van der Waals surface area contributed by atoms with E-state index in [1.165, 1.54) is 23.9 Å². The summed E-state index contributed by atoms with van der Waals surface area (Å²) in [7, 11) is 1.58. The maximum atomic E-state index is 13.1. The molecule has 3 aromatic rings. The summed E-state index contributed by atoms with van der Waals surface area (Å²) < 4.78 is 20.1. The van der Waals surface area contributed by atoms with Gasteiger partial charge in [-0.2, -0.15) is 4.68 Å². The van der Waals surface area contributed by atoms with Crippen molar-refractivity contribution >= 4 is 17.7 Å². The molecule has 1 N–H and O–H groups in total. The van der Waals surface area contributed by atoms with Crippen molar-refractivity contribution in [2.45, 2.75) is 37.2 Å². The van der Waals surface area contributed by atoms with Crippen LogP contribution in [0.2, 0.25) is 0 Å². The molecule has 152 valence electrons. The van der Waals surface area contributed by atoms with Gasteiger partial charge in [0.2, 0.25) is 11.1 Å². The number of methoxy groups -OCH3 is 1. The standard InChI is InChI=1S/C20H22FN5O2S/c1-12-5-10-18(28-4)17(11-12)26-20(23-24-25-26)29-14(3)19(27)22-13(2)15-6-8-16(21)9-7-15/h5-11,13-14H,1-4H3,(H,22,27)/t13-,14+/m1/s1. The number of amides is 1. The molecule has 3 rings (SSSR count). The molecule has 0 bridgehead atoms. The molecule has 9 heteroatoms. The summed E-state index contributed by atoms with van der Waals surface area (Å²) in [4.78, 5) is 12.6. The zero-order valence-electron chi connectivity index (χ0n) is 16.6. The number of aromatic nitrogens is 4. The molecule has 1 amide bonds. The van der Waals surface area contributed by atoms with E-state index in [1.54, 1.807) is 30.8 Å². The van der Waals surface area contributed by atoms with E-state index in [2.05, 4.69) is 20.8 Å². The molecule has 0 aliphatic carbocycles. The number of carbonyl (C=O) groups excluding carboxylic acids is 1. The van der Waals surface area contributed by atoms with Gasteiger partial charge in [-0.15, -0.1) is 5.10 Å². The van der Waals surface area contributed by atoms with Gasteiger partial charge in [-0.3, -0.25) is 4.79 Å². The number of carbonyl (C=O) groups is 1. The number of nitrogens with one attached hydrogen (secondary N) is 1. The topological polar surface area (TPSA) is 81.9 Å². The number of thioether (sulfide) groups is 1. The van der Waals surface area contributed by atoms with Gasteiger partial charge < -0.3 is 10.1 Å². The Morgan fingerprint density at radius 3 is 2.62 bits per heavy atom. The lowest BCUT2D eigenvalue weighted by Crippen LogP contribution is -2.33. The Labute approximate surface area is 172 Å². The molecular formula is C20H22FN5O2S. The van der Waals surface area contributed by atoms with Gasteiger partial charge in [0, 0.05) is 0 Å². The molecule has 7 nitrogen and oxygen atoms in total. The lowest BCUT2D eigenvalue weighted by molar-refractivity contribution is -0.120. The molecule has 1 aromatic heterocycles. The van der Waals surface area contributed by atoms with Gasteiger partial charge in [-0.1, -0.05) is 30.0 Å². The SMILES string of the molecule is COc1ccc(C)cc1-n1nnnc1S[C@@H](C)C(=O)N[C@H](C)c1ccc(F)cc1. The van der Waals surface area contributed by atoms with E-state index >= 15 is 0 Å². The molecule has 2 aromatic carbocycles. The van der Waals surface area contributed by atoms with Gasteiger partial charge >= 0.3 is 0 Å². The predicted molar refractivity (Wildman–Crippen MR) is 109 cm³/mol. The van der Waals surface area contributed by atoms with Crippen molar-refractivity contribution in [3.8, 4) is 11.4 Å². The van der Waals surface area contributed by atoms with Crippen LogP contribution in [-0.4, -0.2) is 38.5 Å². The lowest BCUT2D eigenvalue weighted by Gasteiger charge is -2.17. The van der Waals surface area contributed by atoms with Gasteiger partial charge in [-0.25, -0.2) is 4.39 Å². The average Bonchev–Trinajstić information content (AvgIpc) is 3.16. The normalized spacial score (nSPS) is 13.0. The Balaban J connectivity index is 1.72. The van der Waals surface area contributed by atoms with E-state index in [4.69, 9.17) is 4.74 Å². The van der Waals surface area contributed by atoms with Crippen molar-refractivity contribution in [2.75, 3.05) is 7.11 Å². The molecule has 0 unspecified atom stereocenters. The number of hydrogen-bond acceptors (Lipinski definition) is 6. The van der Waals surface area contributed by atoms with Gasteiger partial charge in [-0.05, 0) is 66.6 Å². The molecule has 0 aliphatic rings. The Hall–Kier alpha value is -2.94. The molecule has 29 heavy (non-hydrogen) atoms. The highest BCUT2D eigenvalue weighted by Gasteiger charge is 2.22. The highest BCUT2D eigenvalue weighted by Crippen LogP contribution is 2.29. The quantitative estimate of drug-likeness (QED) is 0.595. The first-order valence-corrected chi connectivity index (χ1v) is 9.93. The molecule has 0 aliphatic heterocycles. The first-order chi connectivity index (χ1) is 13.9. The first kappa shape index (κ1) is 20.8. The van der Waals surface area contributed by atoms with E-state index in [1.807, 2.05) is 32.0 Å². The van der Waals surface area contributed by atoms with Crippen LogP contribution in [0.25, 0.3) is 5.69 Å². The summed E-state index contributed by atoms with van der Waals surface area (Å²) in [5.74, 6) is 0.152. The average molecular weight is 415 g/mol. The summed E-state index contributed by atoms with van der Waals surface area (Å²) in [6.45, 7) is 5.60. The van der Waals surface area contributed by atoms with Crippen LogP contribution in [0.1, 0.15) is 31.0 Å². The fraction of sp³-hybridized carbons (Fsp3) is 0.300. The second-order valence-corrected chi connectivity index (χ2v) is 7.90. The van der Waals surface area contributed by atoms with Crippen molar-refractivity contribution in [3.05, 3.63) is 59.4 Å². The molecule has 0 radical (unpaired) electrons. The summed E-state index contributed by atoms with van der Waals surface area (Å²) in [5, 5.41) is 14.8. The zero-order valence-corrected chi connectivity index (χ0v) is 17.4. The molecular weight excluding hydrogens is 393 g/mol. The van der Waals surface area contributed by atoms with Crippen LogP contribution in [0.5, 0.6) is 5.75 Å². The molecule has 0 saturated carbocycles. The maximum absolute atomic E-state index is 13.1. The maximum Gasteiger partial charge on any atom is 0.233 e. The number of tetrazole rings is 1. The van der Waals surface area contributed by atoms with E-state index in [9.17, 15) is 9.18 Å². The van der Waals surface area contributed by atoms with Crippen LogP contribution in [0.4, 0.5) is 4.39 Å². The second kappa shape index (κ2) is 9.04. The Morgan fingerprint density at radius 1 is 1.21 bits per heavy atom. The fourth-order valence-electron chi connectivity index (χ4n) is 2.75. The minimum Gasteiger partial charge on any atom is -0.494 e. The van der Waals surface area contributed by atoms with Gasteiger partial charge in [0.15, 0.2) is 0 Å². The van der Waals surface area contributed by atoms with Gasteiger partial charge in [0.25, 0.3) is 0 Å². The molecule has 0 spiro atoms. The van der Waals surface area contributed by atoms with E-state index in [0.29, 0.717) is 16.6 Å². The zero-order chi connectivity index (χ0) is 21.0. The van der Waals surface area contributed by atoms with Gasteiger partial charge in [0.1, 0.15) is 17.3 Å². The summed E-state index contributed by atoms with van der Waals surface area (Å²) >= 11 is 1.24. The Kier molecular flexibility index (Phi) is 6.48. The van der Waals surface area contributed by atoms with Gasteiger partial charge in [0.05, 0.1) is 18.4 Å². The number of benzene rings is 2. The summed E-state index contributed by atoms with van der Waals surface area (Å²) in [6, 6.07) is 11.5. The van der Waals surface area contributed by atoms with Crippen molar-refractivity contribution in [1.29, 1.82) is 0 Å². The number of aryl methyl sites for hydroxylation is 1. The van der Waals surface area contributed by atoms with Crippen LogP contribution in [-0.2, 0) is 4.79 Å². The Bertz CT molecular complexity index is 993. The third-order valence-electron chi connectivity index (χ3n) is 4.38. The fourth-order valence-corrected chi connectivity index (χ4v) is 3.56. The number of nitrogens with zero attached hydrogens (tertiary/aromatic N) is 4. The third-order valence-corrected chi connectivity index (χ3v) is 5.42. The third kappa shape index (κ3) is 4.92.